The van der Waals surface area contributed by atoms with Crippen LogP contribution in [-0.2, 0) is 0 Å². The number of H-pyrrole nitrogens is 1. The van der Waals surface area contributed by atoms with Crippen LogP contribution in [0.3, 0.4) is 0 Å². The van der Waals surface area contributed by atoms with E-state index in [1.165, 1.54) is 0 Å². The Hall–Kier alpha value is -1.66. The summed E-state index contributed by atoms with van der Waals surface area (Å²) in [5, 5.41) is 9.90. The second-order valence-corrected chi connectivity index (χ2v) is 5.69. The fourth-order valence-corrected chi connectivity index (χ4v) is 2.49. The van der Waals surface area contributed by atoms with Crippen LogP contribution in [0.15, 0.2) is 22.6 Å². The molecule has 0 bridgehead atoms. The monoisotopic (exact) mass is 292 g/mol. The van der Waals surface area contributed by atoms with Crippen LogP contribution in [-0.4, -0.2) is 40.6 Å². The van der Waals surface area contributed by atoms with Crippen LogP contribution in [0.4, 0.5) is 0 Å². The summed E-state index contributed by atoms with van der Waals surface area (Å²) in [7, 11) is 1.70. The SMILES string of the molecule is CN(C[C@H](O)C1CC1)C(=O)c1ccc2[nH]c(=S)oc2c1. The highest BCUT2D eigenvalue weighted by Gasteiger charge is 2.31. The lowest BCUT2D eigenvalue weighted by Gasteiger charge is -2.20. The van der Waals surface area contributed by atoms with E-state index in [1.807, 2.05) is 0 Å². The number of aliphatic hydroxyl groups excluding tert-OH is 1. The van der Waals surface area contributed by atoms with Gasteiger partial charge in [0, 0.05) is 19.2 Å². The van der Waals surface area contributed by atoms with Crippen LogP contribution in [0.2, 0.25) is 0 Å². The Morgan fingerprint density at radius 1 is 1.60 bits per heavy atom. The summed E-state index contributed by atoms with van der Waals surface area (Å²) in [6, 6.07) is 5.17. The lowest BCUT2D eigenvalue weighted by atomic mass is 10.1. The van der Waals surface area contributed by atoms with Crippen molar-refractivity contribution in [2.75, 3.05) is 13.6 Å². The molecule has 1 aliphatic carbocycles. The van der Waals surface area contributed by atoms with E-state index in [4.69, 9.17) is 16.6 Å². The second kappa shape index (κ2) is 5.03. The van der Waals surface area contributed by atoms with Crippen molar-refractivity contribution in [3.8, 4) is 0 Å². The van der Waals surface area contributed by atoms with E-state index in [2.05, 4.69) is 4.98 Å². The number of benzene rings is 1. The molecule has 1 amide bonds. The van der Waals surface area contributed by atoms with Gasteiger partial charge in [-0.05, 0) is 49.2 Å². The van der Waals surface area contributed by atoms with Gasteiger partial charge in [0.1, 0.15) is 0 Å². The minimum atomic E-state index is -0.427. The molecule has 2 aromatic rings. The van der Waals surface area contributed by atoms with Gasteiger partial charge in [-0.15, -0.1) is 0 Å². The summed E-state index contributed by atoms with van der Waals surface area (Å²) in [5.41, 5.74) is 1.87. The van der Waals surface area contributed by atoms with Gasteiger partial charge in [-0.3, -0.25) is 4.79 Å². The number of oxazole rings is 1. The highest BCUT2D eigenvalue weighted by molar-refractivity contribution is 7.71. The largest absolute Gasteiger partial charge is 0.429 e. The van der Waals surface area contributed by atoms with Crippen molar-refractivity contribution in [2.24, 2.45) is 5.92 Å². The van der Waals surface area contributed by atoms with Crippen molar-refractivity contribution in [1.29, 1.82) is 0 Å². The molecule has 5 nitrogen and oxygen atoms in total. The summed E-state index contributed by atoms with van der Waals surface area (Å²) in [5.74, 6) is 0.226. The first-order chi connectivity index (χ1) is 9.54. The first kappa shape index (κ1) is 13.3. The van der Waals surface area contributed by atoms with Crippen LogP contribution >= 0.6 is 12.2 Å². The molecule has 3 rings (SSSR count). The Morgan fingerprint density at radius 3 is 3.05 bits per heavy atom. The third-order valence-corrected chi connectivity index (χ3v) is 3.83. The normalized spacial score (nSPS) is 16.3. The van der Waals surface area contributed by atoms with Crippen LogP contribution in [0.25, 0.3) is 11.1 Å². The summed E-state index contributed by atoms with van der Waals surface area (Å²) < 4.78 is 5.31. The smallest absolute Gasteiger partial charge is 0.266 e. The maximum atomic E-state index is 12.3. The molecule has 1 saturated carbocycles. The highest BCUT2D eigenvalue weighted by Crippen LogP contribution is 2.32. The molecule has 1 aliphatic rings. The minimum Gasteiger partial charge on any atom is -0.429 e. The van der Waals surface area contributed by atoms with Crippen LogP contribution in [0.1, 0.15) is 23.2 Å². The van der Waals surface area contributed by atoms with Gasteiger partial charge >= 0.3 is 0 Å². The number of fused-ring (bicyclic) bond motifs is 1. The first-order valence-corrected chi connectivity index (χ1v) is 7.02. The Kier molecular flexibility index (Phi) is 3.35. The predicted octanol–water partition coefficient (Wildman–Crippen LogP) is 2.33. The highest BCUT2D eigenvalue weighted by atomic mass is 32.1. The maximum Gasteiger partial charge on any atom is 0.266 e. The van der Waals surface area contributed by atoms with Crippen molar-refractivity contribution >= 4 is 29.2 Å². The Labute approximate surface area is 121 Å². The molecule has 0 unspecified atom stereocenters. The molecule has 0 radical (unpaired) electrons. The van der Waals surface area contributed by atoms with Gasteiger partial charge in [-0.1, -0.05) is 0 Å². The van der Waals surface area contributed by atoms with Crippen molar-refractivity contribution < 1.29 is 14.3 Å². The second-order valence-electron chi connectivity index (χ2n) is 5.32. The summed E-state index contributed by atoms with van der Waals surface area (Å²) in [4.78, 5) is 17.0. The van der Waals surface area contributed by atoms with Crippen molar-refractivity contribution in [3.05, 3.63) is 28.6 Å². The fraction of sp³-hybridized carbons (Fsp3) is 0.429. The topological polar surface area (TPSA) is 69.5 Å². The molecule has 20 heavy (non-hydrogen) atoms. The molecule has 1 atom stereocenters. The third kappa shape index (κ3) is 2.62. The number of aromatic amines is 1. The van der Waals surface area contributed by atoms with E-state index in [0.717, 1.165) is 18.4 Å². The number of carbonyl (C=O) groups is 1. The maximum absolute atomic E-state index is 12.3. The molecule has 1 heterocycles. The number of rotatable bonds is 4. The number of carbonyl (C=O) groups excluding carboxylic acids is 1. The van der Waals surface area contributed by atoms with Gasteiger partial charge in [-0.2, -0.15) is 0 Å². The summed E-state index contributed by atoms with van der Waals surface area (Å²) in [6.07, 6.45) is 1.68. The van der Waals surface area contributed by atoms with Crippen LogP contribution in [0.5, 0.6) is 0 Å². The number of nitrogens with zero attached hydrogens (tertiary/aromatic N) is 1. The number of hydrogen-bond donors (Lipinski definition) is 2. The Morgan fingerprint density at radius 2 is 2.35 bits per heavy atom. The van der Waals surface area contributed by atoms with E-state index in [0.29, 0.717) is 28.4 Å². The standard InChI is InChI=1S/C14H16N2O3S/c1-16(7-11(17)8-2-3-8)13(18)9-4-5-10-12(6-9)19-14(20)15-10/h4-6,8,11,17H,2-3,7H2,1H3,(H,15,20)/t11-/m0/s1. The number of aromatic nitrogens is 1. The number of hydrogen-bond acceptors (Lipinski definition) is 4. The van der Waals surface area contributed by atoms with E-state index in [1.54, 1.807) is 30.1 Å². The molecular formula is C14H16N2O3S. The van der Waals surface area contributed by atoms with E-state index < -0.39 is 6.10 Å². The zero-order chi connectivity index (χ0) is 14.3. The molecule has 0 saturated heterocycles. The summed E-state index contributed by atoms with van der Waals surface area (Å²) >= 11 is 4.92. The number of amides is 1. The summed E-state index contributed by atoms with van der Waals surface area (Å²) in [6.45, 7) is 0.359. The lowest BCUT2D eigenvalue weighted by molar-refractivity contribution is 0.0645. The van der Waals surface area contributed by atoms with E-state index in [-0.39, 0.29) is 5.91 Å². The van der Waals surface area contributed by atoms with E-state index in [9.17, 15) is 9.90 Å². The third-order valence-electron chi connectivity index (χ3n) is 3.64. The van der Waals surface area contributed by atoms with Gasteiger partial charge < -0.3 is 19.4 Å². The van der Waals surface area contributed by atoms with Gasteiger partial charge in [-0.25, -0.2) is 0 Å². The number of nitrogens with one attached hydrogen (secondary N) is 1. The number of aliphatic hydroxyl groups is 1. The Balaban J connectivity index is 1.78. The van der Waals surface area contributed by atoms with Crippen molar-refractivity contribution in [1.82, 2.24) is 9.88 Å². The van der Waals surface area contributed by atoms with Crippen LogP contribution in [0, 0.1) is 10.8 Å². The Bertz CT molecular complexity index is 702. The molecule has 1 fully saturated rings. The molecule has 1 aromatic carbocycles. The average Bonchev–Trinajstić information content (AvgIpc) is 3.19. The molecule has 6 heteroatoms. The molecule has 0 spiro atoms. The molecule has 2 N–H and O–H groups in total. The van der Waals surface area contributed by atoms with Crippen molar-refractivity contribution in [2.45, 2.75) is 18.9 Å². The number of likely N-dealkylation sites (N-methyl/N-ethyl adjacent to an activating group) is 1. The predicted molar refractivity (Wildman–Crippen MR) is 77.1 cm³/mol. The lowest BCUT2D eigenvalue weighted by Crippen LogP contribution is -2.35. The van der Waals surface area contributed by atoms with Crippen molar-refractivity contribution in [3.63, 3.8) is 0 Å². The zero-order valence-corrected chi connectivity index (χ0v) is 11.9. The zero-order valence-electron chi connectivity index (χ0n) is 11.1. The molecule has 0 aliphatic heterocycles. The molecule has 106 valence electrons. The molecule has 1 aromatic heterocycles. The van der Waals surface area contributed by atoms with Gasteiger partial charge in [0.25, 0.3) is 10.7 Å². The van der Waals surface area contributed by atoms with Gasteiger partial charge in [0.2, 0.25) is 0 Å². The molecular weight excluding hydrogens is 276 g/mol. The van der Waals surface area contributed by atoms with Crippen LogP contribution < -0.4 is 0 Å². The minimum absolute atomic E-state index is 0.131. The van der Waals surface area contributed by atoms with E-state index >= 15 is 0 Å². The average molecular weight is 292 g/mol. The first-order valence-electron chi connectivity index (χ1n) is 6.61. The van der Waals surface area contributed by atoms with Gasteiger partial charge in [0.05, 0.1) is 11.6 Å². The van der Waals surface area contributed by atoms with Gasteiger partial charge in [0.15, 0.2) is 5.58 Å². The fourth-order valence-electron chi connectivity index (χ4n) is 2.29. The quantitative estimate of drug-likeness (QED) is 0.849.